The van der Waals surface area contributed by atoms with Gasteiger partial charge >= 0.3 is 18.0 Å². The molecule has 47 heavy (non-hydrogen) atoms. The third-order valence-corrected chi connectivity index (χ3v) is 12.7. The Morgan fingerprint density at radius 2 is 1.77 bits per heavy atom. The predicted octanol–water partition coefficient (Wildman–Crippen LogP) is 7.72. The Morgan fingerprint density at radius 1 is 1.06 bits per heavy atom. The molecule has 5 heterocycles. The number of halogens is 5. The van der Waals surface area contributed by atoms with Gasteiger partial charge in [0.15, 0.2) is 0 Å². The van der Waals surface area contributed by atoms with Crippen LogP contribution in [0.1, 0.15) is 51.7 Å². The maximum absolute atomic E-state index is 14.6. The van der Waals surface area contributed by atoms with Gasteiger partial charge in [-0.2, -0.15) is 29.1 Å². The first-order valence-electron chi connectivity index (χ1n) is 15.0. The summed E-state index contributed by atoms with van der Waals surface area (Å²) in [7, 11) is -1.49. The van der Waals surface area contributed by atoms with E-state index in [1.54, 1.807) is 42.0 Å². The van der Waals surface area contributed by atoms with Gasteiger partial charge in [-0.3, -0.25) is 14.5 Å². The van der Waals surface area contributed by atoms with Gasteiger partial charge in [0.1, 0.15) is 17.2 Å². The standard InChI is InChI=1S/C32H34ClF4N5O3S2/c1-17-12-40(13-18(2)42(17)30(44)45-31(3,4)5)28-24-7-21(32(35,36)37)8-25-27(24)41(29(43)39-28)14-20(19-6-23(34)11-38-10-19)16-47(25)26-9-22(33)15-46-26/h6-11,15,17-18,20,47H,12-14,16H2,1-5H3/t17-,18+,20-/m0/s1. The second kappa shape index (κ2) is 12.3. The highest BCUT2D eigenvalue weighted by atomic mass is 35.5. The van der Waals surface area contributed by atoms with E-state index in [1.807, 2.05) is 13.8 Å². The van der Waals surface area contributed by atoms with Gasteiger partial charge < -0.3 is 9.64 Å². The number of pyridine rings is 1. The molecular weight excluding hydrogens is 678 g/mol. The molecule has 1 saturated heterocycles. The third kappa shape index (κ3) is 6.68. The monoisotopic (exact) mass is 711 g/mol. The average Bonchev–Trinajstić information content (AvgIpc) is 3.30. The molecule has 1 amide bonds. The second-order valence-electron chi connectivity index (χ2n) is 13.1. The minimum atomic E-state index is -4.69. The van der Waals surface area contributed by atoms with E-state index in [2.05, 4.69) is 9.97 Å². The zero-order valence-corrected chi connectivity index (χ0v) is 28.8. The van der Waals surface area contributed by atoms with Crippen LogP contribution < -0.4 is 10.6 Å². The van der Waals surface area contributed by atoms with Crippen molar-refractivity contribution in [3.8, 4) is 0 Å². The molecule has 0 bridgehead atoms. The van der Waals surface area contributed by atoms with E-state index < -0.39 is 63.8 Å². The molecule has 2 aliphatic heterocycles. The van der Waals surface area contributed by atoms with Gasteiger partial charge in [0.25, 0.3) is 0 Å². The van der Waals surface area contributed by atoms with E-state index in [9.17, 15) is 27.2 Å². The zero-order valence-electron chi connectivity index (χ0n) is 26.3. The normalized spacial score (nSPS) is 22.8. The Hall–Kier alpha value is -3.36. The number of carbonyl (C=O) groups excluding carboxylic acids is 1. The van der Waals surface area contributed by atoms with Crippen LogP contribution in [0.2, 0.25) is 5.02 Å². The molecule has 15 heteroatoms. The summed E-state index contributed by atoms with van der Waals surface area (Å²) in [6.07, 6.45) is -2.57. The van der Waals surface area contributed by atoms with E-state index in [-0.39, 0.29) is 30.8 Å². The van der Waals surface area contributed by atoms with Gasteiger partial charge in [0, 0.05) is 51.6 Å². The van der Waals surface area contributed by atoms with Gasteiger partial charge in [0.05, 0.1) is 34.4 Å². The molecule has 8 nitrogen and oxygen atoms in total. The zero-order chi connectivity index (χ0) is 34.0. The van der Waals surface area contributed by atoms with Crippen molar-refractivity contribution >= 4 is 56.6 Å². The molecule has 0 spiro atoms. The number of amides is 1. The number of ether oxygens (including phenoxy) is 1. The number of hydrogen-bond acceptors (Lipinski definition) is 7. The molecule has 0 saturated carbocycles. The van der Waals surface area contributed by atoms with Crippen molar-refractivity contribution in [1.29, 1.82) is 0 Å². The lowest BCUT2D eigenvalue weighted by atomic mass is 10.0. The van der Waals surface area contributed by atoms with Gasteiger partial charge in [-0.05, 0) is 70.2 Å². The molecular formula is C32H34ClF4N5O3S2. The van der Waals surface area contributed by atoms with E-state index in [1.165, 1.54) is 28.2 Å². The number of piperazine rings is 1. The molecule has 4 aromatic rings. The minimum absolute atomic E-state index is 0.0727. The molecule has 1 unspecified atom stereocenters. The Bertz CT molecular complexity index is 1900. The first kappa shape index (κ1) is 33.5. The van der Waals surface area contributed by atoms with Crippen molar-refractivity contribution in [2.45, 2.75) is 80.0 Å². The van der Waals surface area contributed by atoms with Crippen molar-refractivity contribution in [3.05, 3.63) is 74.5 Å². The molecule has 4 atom stereocenters. The molecule has 3 aromatic heterocycles. The summed E-state index contributed by atoms with van der Waals surface area (Å²) in [5.41, 5.74) is -1.29. The third-order valence-electron chi connectivity index (χ3n) is 8.30. The number of thiol groups is 1. The highest BCUT2D eigenvalue weighted by molar-refractivity contribution is 8.18. The predicted molar refractivity (Wildman–Crippen MR) is 177 cm³/mol. The van der Waals surface area contributed by atoms with Crippen molar-refractivity contribution < 1.29 is 27.1 Å². The number of anilines is 1. The highest BCUT2D eigenvalue weighted by Gasteiger charge is 2.39. The number of rotatable bonds is 3. The van der Waals surface area contributed by atoms with Gasteiger partial charge in [-0.25, -0.2) is 14.0 Å². The van der Waals surface area contributed by atoms with Crippen LogP contribution in [0, 0.1) is 5.82 Å². The summed E-state index contributed by atoms with van der Waals surface area (Å²) in [6, 6.07) is 4.50. The summed E-state index contributed by atoms with van der Waals surface area (Å²) < 4.78 is 66.0. The summed E-state index contributed by atoms with van der Waals surface area (Å²) in [5, 5.41) is 2.38. The van der Waals surface area contributed by atoms with Crippen LogP contribution in [0.4, 0.5) is 28.2 Å². The fraction of sp³-hybridized carbons (Fsp3) is 0.438. The highest BCUT2D eigenvalue weighted by Crippen LogP contribution is 2.55. The summed E-state index contributed by atoms with van der Waals surface area (Å²) in [4.78, 5) is 39.2. The van der Waals surface area contributed by atoms with Crippen LogP contribution in [0.3, 0.4) is 0 Å². The van der Waals surface area contributed by atoms with E-state index in [0.29, 0.717) is 26.8 Å². The molecule has 252 valence electrons. The average molecular weight is 712 g/mol. The van der Waals surface area contributed by atoms with Crippen LogP contribution in [-0.2, 0) is 17.5 Å². The van der Waals surface area contributed by atoms with Gasteiger partial charge in [-0.15, -0.1) is 11.3 Å². The van der Waals surface area contributed by atoms with Crippen molar-refractivity contribution in [1.82, 2.24) is 19.4 Å². The number of nitrogens with zero attached hydrogens (tertiary/aromatic N) is 5. The van der Waals surface area contributed by atoms with Crippen LogP contribution >= 0.6 is 33.8 Å². The summed E-state index contributed by atoms with van der Waals surface area (Å²) >= 11 is 7.67. The fourth-order valence-corrected chi connectivity index (χ4v) is 11.0. The van der Waals surface area contributed by atoms with E-state index >= 15 is 0 Å². The van der Waals surface area contributed by atoms with Gasteiger partial charge in [0.2, 0.25) is 0 Å². The summed E-state index contributed by atoms with van der Waals surface area (Å²) in [5.74, 6) is -0.529. The maximum atomic E-state index is 14.6. The topological polar surface area (TPSA) is 80.6 Å². The number of benzene rings is 1. The van der Waals surface area contributed by atoms with Crippen LogP contribution in [0.15, 0.2) is 55.9 Å². The molecule has 0 radical (unpaired) electrons. The van der Waals surface area contributed by atoms with Crippen LogP contribution in [-0.4, -0.2) is 62.1 Å². The number of thiophene rings is 1. The quantitative estimate of drug-likeness (QED) is 0.173. The lowest BCUT2D eigenvalue weighted by Crippen LogP contribution is -2.59. The second-order valence-corrected chi connectivity index (χ2v) is 16.9. The molecule has 1 aromatic carbocycles. The minimum Gasteiger partial charge on any atom is -0.444 e. The first-order valence-corrected chi connectivity index (χ1v) is 17.8. The Morgan fingerprint density at radius 3 is 2.36 bits per heavy atom. The number of alkyl halides is 3. The van der Waals surface area contributed by atoms with Crippen molar-refractivity contribution in [2.75, 3.05) is 23.7 Å². The smallest absolute Gasteiger partial charge is 0.416 e. The largest absolute Gasteiger partial charge is 0.444 e. The number of hydrogen-bond donors (Lipinski definition) is 1. The molecule has 0 aliphatic carbocycles. The molecule has 2 aliphatic rings. The molecule has 1 fully saturated rings. The number of carbonyl (C=O) groups is 1. The van der Waals surface area contributed by atoms with Crippen LogP contribution in [0.5, 0.6) is 0 Å². The molecule has 0 N–H and O–H groups in total. The number of aromatic nitrogens is 3. The lowest BCUT2D eigenvalue weighted by molar-refractivity contribution is -0.137. The van der Waals surface area contributed by atoms with Gasteiger partial charge in [-0.1, -0.05) is 11.6 Å². The first-order chi connectivity index (χ1) is 22.0. The van der Waals surface area contributed by atoms with E-state index in [4.69, 9.17) is 16.3 Å². The fourth-order valence-electron chi connectivity index (χ4n) is 6.44. The summed E-state index contributed by atoms with van der Waals surface area (Å²) in [6.45, 7) is 9.49. The van der Waals surface area contributed by atoms with E-state index in [0.717, 1.165) is 22.5 Å². The van der Waals surface area contributed by atoms with Crippen LogP contribution in [0.25, 0.3) is 10.9 Å². The SMILES string of the molecule is C[C@@H]1CN(c2nc(=O)n3c4c(cc(C(F)(F)F)cc24)[SH](c2cc(Cl)cs2)C[C@@H](c2cncc(F)c2)C3)C[C@H](C)N1C(=O)OC(C)(C)C. The lowest BCUT2D eigenvalue weighted by Gasteiger charge is -2.45. The van der Waals surface area contributed by atoms with Crippen molar-refractivity contribution in [3.63, 3.8) is 0 Å². The Labute approximate surface area is 280 Å². The molecule has 6 rings (SSSR count). The maximum Gasteiger partial charge on any atom is 0.416 e. The van der Waals surface area contributed by atoms with Crippen molar-refractivity contribution in [2.24, 2.45) is 0 Å². The Kier molecular flexibility index (Phi) is 8.75. The Balaban J connectivity index is 1.55.